The van der Waals surface area contributed by atoms with Gasteiger partial charge in [0.15, 0.2) is 16.6 Å². The highest BCUT2D eigenvalue weighted by Gasteiger charge is 2.16. The molecule has 0 fully saturated rings. The molecule has 1 N–H and O–H groups in total. The van der Waals surface area contributed by atoms with Crippen molar-refractivity contribution in [2.45, 2.75) is 13.8 Å². The van der Waals surface area contributed by atoms with Crippen molar-refractivity contribution in [3.63, 3.8) is 0 Å². The van der Waals surface area contributed by atoms with Crippen molar-refractivity contribution in [1.82, 2.24) is 4.98 Å². The molecule has 0 unspecified atom stereocenters. The van der Waals surface area contributed by atoms with E-state index in [9.17, 15) is 4.79 Å². The predicted molar refractivity (Wildman–Crippen MR) is 97.5 cm³/mol. The summed E-state index contributed by atoms with van der Waals surface area (Å²) in [6.07, 6.45) is 0. The topological polar surface area (TPSA) is 60.5 Å². The van der Waals surface area contributed by atoms with Gasteiger partial charge >= 0.3 is 0 Å². The maximum Gasteiger partial charge on any atom is 0.257 e. The highest BCUT2D eigenvalue weighted by atomic mass is 32.1. The number of hydrogen-bond acceptors (Lipinski definition) is 5. The minimum Gasteiger partial charge on any atom is -0.454 e. The molecule has 1 aromatic heterocycles. The molecule has 3 aromatic rings. The number of benzene rings is 2. The first-order valence-corrected chi connectivity index (χ1v) is 8.72. The molecule has 6 heteroatoms. The van der Waals surface area contributed by atoms with E-state index >= 15 is 0 Å². The molecule has 0 bridgehead atoms. The van der Waals surface area contributed by atoms with Gasteiger partial charge in [0.05, 0.1) is 5.69 Å². The van der Waals surface area contributed by atoms with E-state index < -0.39 is 0 Å². The van der Waals surface area contributed by atoms with Gasteiger partial charge in [0.2, 0.25) is 6.79 Å². The zero-order valence-electron chi connectivity index (χ0n) is 13.8. The Labute approximate surface area is 149 Å². The lowest BCUT2D eigenvalue weighted by molar-refractivity contribution is 0.102. The fraction of sp³-hybridized carbons (Fsp3) is 0.158. The van der Waals surface area contributed by atoms with Crippen molar-refractivity contribution in [2.24, 2.45) is 0 Å². The number of thiazole rings is 1. The zero-order valence-corrected chi connectivity index (χ0v) is 14.6. The average molecular weight is 352 g/mol. The number of nitrogens with one attached hydrogen (secondary N) is 1. The Balaban J connectivity index is 1.54. The normalized spacial score (nSPS) is 12.2. The third-order valence-corrected chi connectivity index (χ3v) is 4.63. The third-order valence-electron chi connectivity index (χ3n) is 3.88. The second-order valence-corrected chi connectivity index (χ2v) is 6.79. The van der Waals surface area contributed by atoms with Gasteiger partial charge in [-0.1, -0.05) is 17.2 Å². The van der Waals surface area contributed by atoms with Crippen LogP contribution in [0.5, 0.6) is 11.5 Å². The lowest BCUT2D eigenvalue weighted by Crippen LogP contribution is -2.12. The maximum absolute atomic E-state index is 12.4. The summed E-state index contributed by atoms with van der Waals surface area (Å²) in [6.45, 7) is 4.20. The Bertz CT molecular complexity index is 945. The van der Waals surface area contributed by atoms with Gasteiger partial charge in [-0.2, -0.15) is 0 Å². The summed E-state index contributed by atoms with van der Waals surface area (Å²) in [5, 5.41) is 5.35. The largest absolute Gasteiger partial charge is 0.454 e. The van der Waals surface area contributed by atoms with Crippen LogP contribution in [0.4, 0.5) is 5.13 Å². The van der Waals surface area contributed by atoms with Crippen molar-refractivity contribution < 1.29 is 14.3 Å². The van der Waals surface area contributed by atoms with Crippen molar-refractivity contribution in [3.8, 4) is 22.8 Å². The third kappa shape index (κ3) is 3.21. The van der Waals surface area contributed by atoms with Gasteiger partial charge in [-0.3, -0.25) is 10.1 Å². The van der Waals surface area contributed by atoms with Crippen molar-refractivity contribution in [3.05, 3.63) is 58.5 Å². The molecule has 126 valence electrons. The number of aryl methyl sites for hydroxylation is 2. The smallest absolute Gasteiger partial charge is 0.257 e. The Morgan fingerprint density at radius 2 is 1.84 bits per heavy atom. The zero-order chi connectivity index (χ0) is 17.4. The summed E-state index contributed by atoms with van der Waals surface area (Å²) in [5.74, 6) is 1.30. The van der Waals surface area contributed by atoms with E-state index in [1.165, 1.54) is 11.3 Å². The van der Waals surface area contributed by atoms with E-state index in [-0.39, 0.29) is 12.7 Å². The molecule has 4 rings (SSSR count). The molecule has 5 nitrogen and oxygen atoms in total. The second kappa shape index (κ2) is 6.22. The van der Waals surface area contributed by atoms with Crippen molar-refractivity contribution >= 4 is 22.4 Å². The highest BCUT2D eigenvalue weighted by molar-refractivity contribution is 7.14. The number of carbonyl (C=O) groups is 1. The molecule has 1 amide bonds. The molecule has 25 heavy (non-hydrogen) atoms. The number of hydrogen-bond donors (Lipinski definition) is 1. The van der Waals surface area contributed by atoms with E-state index in [0.717, 1.165) is 28.1 Å². The van der Waals surface area contributed by atoms with Crippen LogP contribution < -0.4 is 14.8 Å². The standard InChI is InChI=1S/C19H16N2O3S/c1-11-5-12(2)7-14(6-11)18(22)21-19-20-15(9-25-19)13-3-4-16-17(8-13)24-10-23-16/h3-9H,10H2,1-2H3,(H,20,21,22). The summed E-state index contributed by atoms with van der Waals surface area (Å²) < 4.78 is 10.7. The monoisotopic (exact) mass is 352 g/mol. The summed E-state index contributed by atoms with van der Waals surface area (Å²) in [7, 11) is 0. The van der Waals surface area contributed by atoms with Gasteiger partial charge in [0.1, 0.15) is 0 Å². The molecule has 0 radical (unpaired) electrons. The molecule has 1 aliphatic heterocycles. The van der Waals surface area contributed by atoms with E-state index in [1.54, 1.807) is 0 Å². The number of ether oxygens (including phenoxy) is 2. The number of anilines is 1. The Morgan fingerprint density at radius 3 is 2.64 bits per heavy atom. The van der Waals surface area contributed by atoms with Crippen LogP contribution in [-0.4, -0.2) is 17.7 Å². The van der Waals surface area contributed by atoms with Crippen LogP contribution in [0.1, 0.15) is 21.5 Å². The SMILES string of the molecule is Cc1cc(C)cc(C(=O)Nc2nc(-c3ccc4c(c3)OCO4)cs2)c1. The fourth-order valence-electron chi connectivity index (χ4n) is 2.79. The van der Waals surface area contributed by atoms with Crippen LogP contribution in [0, 0.1) is 13.8 Å². The van der Waals surface area contributed by atoms with Gasteiger partial charge in [-0.05, 0) is 44.2 Å². The van der Waals surface area contributed by atoms with E-state index in [4.69, 9.17) is 9.47 Å². The van der Waals surface area contributed by atoms with Crippen LogP contribution in [0.2, 0.25) is 0 Å². The molecule has 0 aliphatic carbocycles. The lowest BCUT2D eigenvalue weighted by atomic mass is 10.1. The molecular weight excluding hydrogens is 336 g/mol. The molecule has 0 atom stereocenters. The fourth-order valence-corrected chi connectivity index (χ4v) is 3.51. The van der Waals surface area contributed by atoms with E-state index in [2.05, 4.69) is 10.3 Å². The van der Waals surface area contributed by atoms with Gasteiger partial charge in [0, 0.05) is 16.5 Å². The predicted octanol–water partition coefficient (Wildman–Crippen LogP) is 4.41. The summed E-state index contributed by atoms with van der Waals surface area (Å²) in [6, 6.07) is 11.5. The van der Waals surface area contributed by atoms with Crippen LogP contribution in [0.3, 0.4) is 0 Å². The van der Waals surface area contributed by atoms with Gasteiger partial charge < -0.3 is 9.47 Å². The quantitative estimate of drug-likeness (QED) is 0.758. The molecule has 1 aliphatic rings. The summed E-state index contributed by atoms with van der Waals surface area (Å²) >= 11 is 1.39. The molecule has 2 aromatic carbocycles. The first kappa shape index (κ1) is 15.7. The number of rotatable bonds is 3. The number of fused-ring (bicyclic) bond motifs is 1. The molecule has 0 spiro atoms. The van der Waals surface area contributed by atoms with Gasteiger partial charge in [0.25, 0.3) is 5.91 Å². The Hall–Kier alpha value is -2.86. The van der Waals surface area contributed by atoms with Crippen LogP contribution in [0.15, 0.2) is 41.8 Å². The summed E-state index contributed by atoms with van der Waals surface area (Å²) in [4.78, 5) is 16.9. The minimum absolute atomic E-state index is 0.154. The Morgan fingerprint density at radius 1 is 1.08 bits per heavy atom. The number of nitrogens with zero attached hydrogens (tertiary/aromatic N) is 1. The lowest BCUT2D eigenvalue weighted by Gasteiger charge is -2.04. The van der Waals surface area contributed by atoms with Crippen molar-refractivity contribution in [1.29, 1.82) is 0 Å². The van der Waals surface area contributed by atoms with Crippen molar-refractivity contribution in [2.75, 3.05) is 12.1 Å². The van der Waals surface area contributed by atoms with Crippen LogP contribution >= 0.6 is 11.3 Å². The van der Waals surface area contributed by atoms with Gasteiger partial charge in [-0.25, -0.2) is 4.98 Å². The molecule has 0 saturated heterocycles. The average Bonchev–Trinajstić information content (AvgIpc) is 3.22. The first-order chi connectivity index (χ1) is 12.1. The highest BCUT2D eigenvalue weighted by Crippen LogP contribution is 2.36. The van der Waals surface area contributed by atoms with Crippen LogP contribution in [-0.2, 0) is 0 Å². The van der Waals surface area contributed by atoms with E-state index in [1.807, 2.05) is 55.6 Å². The maximum atomic E-state index is 12.4. The van der Waals surface area contributed by atoms with Crippen LogP contribution in [0.25, 0.3) is 11.3 Å². The van der Waals surface area contributed by atoms with E-state index in [0.29, 0.717) is 16.4 Å². The molecule has 2 heterocycles. The number of amides is 1. The second-order valence-electron chi connectivity index (χ2n) is 5.94. The number of carbonyl (C=O) groups excluding carboxylic acids is 1. The molecular formula is C19H16N2O3S. The minimum atomic E-state index is -0.154. The summed E-state index contributed by atoms with van der Waals surface area (Å²) in [5.41, 5.74) is 4.47. The Kier molecular flexibility index (Phi) is 3.89. The first-order valence-electron chi connectivity index (χ1n) is 7.84. The molecule has 0 saturated carbocycles. The van der Waals surface area contributed by atoms with Gasteiger partial charge in [-0.15, -0.1) is 11.3 Å². The number of aromatic nitrogens is 1.